The fraction of sp³-hybridized carbons (Fsp3) is 0.611. The smallest absolute Gasteiger partial charge is 0.227 e. The predicted molar refractivity (Wildman–Crippen MR) is 86.8 cm³/mol. The number of amides is 1. The van der Waals surface area contributed by atoms with E-state index < -0.39 is 0 Å². The minimum absolute atomic E-state index is 0.219. The SMILES string of the molecule is CCOC1CCCN(C(=O)Cc2cccc3c2CCNC3)C1. The molecule has 0 spiro atoms. The number of ether oxygens (including phenoxy) is 1. The summed E-state index contributed by atoms with van der Waals surface area (Å²) in [6, 6.07) is 6.36. The van der Waals surface area contributed by atoms with E-state index in [1.807, 2.05) is 11.8 Å². The summed E-state index contributed by atoms with van der Waals surface area (Å²) in [6.45, 7) is 6.31. The Bertz CT molecular complexity index is 528. The second kappa shape index (κ2) is 7.25. The number of hydrogen-bond donors (Lipinski definition) is 1. The van der Waals surface area contributed by atoms with Crippen LogP contribution < -0.4 is 5.32 Å². The lowest BCUT2D eigenvalue weighted by molar-refractivity contribution is -0.134. The van der Waals surface area contributed by atoms with Crippen molar-refractivity contribution in [1.82, 2.24) is 10.2 Å². The number of hydrogen-bond acceptors (Lipinski definition) is 3. The van der Waals surface area contributed by atoms with Gasteiger partial charge in [-0.25, -0.2) is 0 Å². The third-order valence-electron chi connectivity index (χ3n) is 4.71. The van der Waals surface area contributed by atoms with E-state index in [9.17, 15) is 4.79 Å². The fourth-order valence-corrected chi connectivity index (χ4v) is 3.59. The van der Waals surface area contributed by atoms with Crippen LogP contribution in [0.5, 0.6) is 0 Å². The van der Waals surface area contributed by atoms with Crippen LogP contribution in [0.15, 0.2) is 18.2 Å². The highest BCUT2D eigenvalue weighted by Gasteiger charge is 2.24. The number of piperidine rings is 1. The van der Waals surface area contributed by atoms with Gasteiger partial charge >= 0.3 is 0 Å². The van der Waals surface area contributed by atoms with E-state index in [4.69, 9.17) is 4.74 Å². The normalized spacial score (nSPS) is 21.5. The Labute approximate surface area is 132 Å². The number of carbonyl (C=O) groups is 1. The maximum absolute atomic E-state index is 12.7. The van der Waals surface area contributed by atoms with E-state index in [1.54, 1.807) is 0 Å². The van der Waals surface area contributed by atoms with Crippen LogP contribution in [0, 0.1) is 0 Å². The zero-order valence-corrected chi connectivity index (χ0v) is 13.4. The Hall–Kier alpha value is -1.39. The molecule has 120 valence electrons. The number of carbonyl (C=O) groups excluding carboxylic acids is 1. The minimum Gasteiger partial charge on any atom is -0.377 e. The molecule has 0 bridgehead atoms. The van der Waals surface area contributed by atoms with Crippen molar-refractivity contribution in [2.24, 2.45) is 0 Å². The summed E-state index contributed by atoms with van der Waals surface area (Å²) >= 11 is 0. The Kier molecular flexibility index (Phi) is 5.11. The van der Waals surface area contributed by atoms with Crippen molar-refractivity contribution in [2.45, 2.75) is 45.3 Å². The summed E-state index contributed by atoms with van der Waals surface area (Å²) in [5.74, 6) is 0.247. The van der Waals surface area contributed by atoms with Crippen LogP contribution in [-0.2, 0) is 28.9 Å². The Morgan fingerprint density at radius 2 is 2.36 bits per heavy atom. The van der Waals surface area contributed by atoms with E-state index in [2.05, 4.69) is 23.5 Å². The van der Waals surface area contributed by atoms with E-state index in [0.29, 0.717) is 6.42 Å². The van der Waals surface area contributed by atoms with Crippen LogP contribution in [0.3, 0.4) is 0 Å². The number of likely N-dealkylation sites (tertiary alicyclic amines) is 1. The molecule has 1 N–H and O–H groups in total. The first-order chi connectivity index (χ1) is 10.8. The highest BCUT2D eigenvalue weighted by atomic mass is 16.5. The van der Waals surface area contributed by atoms with Gasteiger partial charge < -0.3 is 15.0 Å². The lowest BCUT2D eigenvalue weighted by Gasteiger charge is -2.33. The number of nitrogens with zero attached hydrogens (tertiary/aromatic N) is 1. The van der Waals surface area contributed by atoms with Gasteiger partial charge in [-0.2, -0.15) is 0 Å². The molecule has 2 aliphatic heterocycles. The van der Waals surface area contributed by atoms with Crippen LogP contribution >= 0.6 is 0 Å². The van der Waals surface area contributed by atoms with Crippen LogP contribution in [-0.4, -0.2) is 43.2 Å². The van der Waals surface area contributed by atoms with Gasteiger partial charge in [0.15, 0.2) is 0 Å². The number of fused-ring (bicyclic) bond motifs is 1. The van der Waals surface area contributed by atoms with Gasteiger partial charge in [-0.3, -0.25) is 4.79 Å². The first-order valence-electron chi connectivity index (χ1n) is 8.47. The van der Waals surface area contributed by atoms with Gasteiger partial charge in [0.25, 0.3) is 0 Å². The number of nitrogens with one attached hydrogen (secondary N) is 1. The molecular weight excluding hydrogens is 276 g/mol. The van der Waals surface area contributed by atoms with Crippen molar-refractivity contribution in [3.8, 4) is 0 Å². The van der Waals surface area contributed by atoms with Crippen LogP contribution in [0.1, 0.15) is 36.5 Å². The third-order valence-corrected chi connectivity index (χ3v) is 4.71. The summed E-state index contributed by atoms with van der Waals surface area (Å²) in [6.07, 6.45) is 3.90. The van der Waals surface area contributed by atoms with Gasteiger partial charge in [0.2, 0.25) is 5.91 Å². The molecule has 0 saturated carbocycles. The molecule has 0 radical (unpaired) electrons. The summed E-state index contributed by atoms with van der Waals surface area (Å²) in [4.78, 5) is 14.6. The maximum Gasteiger partial charge on any atom is 0.227 e. The van der Waals surface area contributed by atoms with Crippen molar-refractivity contribution in [2.75, 3.05) is 26.2 Å². The average molecular weight is 302 g/mol. The molecule has 3 rings (SSSR count). The minimum atomic E-state index is 0.219. The molecule has 1 unspecified atom stereocenters. The highest BCUT2D eigenvalue weighted by Crippen LogP contribution is 2.21. The molecule has 2 heterocycles. The van der Waals surface area contributed by atoms with Crippen molar-refractivity contribution < 1.29 is 9.53 Å². The van der Waals surface area contributed by atoms with Gasteiger partial charge in [0, 0.05) is 26.2 Å². The molecule has 1 amide bonds. The molecule has 1 atom stereocenters. The van der Waals surface area contributed by atoms with Gasteiger partial charge in [0.1, 0.15) is 0 Å². The second-order valence-electron chi connectivity index (χ2n) is 6.22. The molecule has 4 heteroatoms. The molecule has 1 fully saturated rings. The Morgan fingerprint density at radius 3 is 3.23 bits per heavy atom. The lowest BCUT2D eigenvalue weighted by Crippen LogP contribution is -2.44. The van der Waals surface area contributed by atoms with Gasteiger partial charge in [-0.1, -0.05) is 18.2 Å². The molecule has 0 aliphatic carbocycles. The zero-order valence-electron chi connectivity index (χ0n) is 13.4. The quantitative estimate of drug-likeness (QED) is 0.923. The van der Waals surface area contributed by atoms with E-state index in [1.165, 1.54) is 16.7 Å². The molecule has 1 aromatic rings. The van der Waals surface area contributed by atoms with Crippen molar-refractivity contribution in [3.05, 3.63) is 34.9 Å². The number of rotatable bonds is 4. The lowest BCUT2D eigenvalue weighted by atomic mass is 9.93. The van der Waals surface area contributed by atoms with E-state index in [-0.39, 0.29) is 12.0 Å². The first-order valence-corrected chi connectivity index (χ1v) is 8.47. The molecule has 4 nitrogen and oxygen atoms in total. The topological polar surface area (TPSA) is 41.6 Å². The Balaban J connectivity index is 1.67. The molecule has 22 heavy (non-hydrogen) atoms. The monoisotopic (exact) mass is 302 g/mol. The van der Waals surface area contributed by atoms with E-state index >= 15 is 0 Å². The van der Waals surface area contributed by atoms with Crippen LogP contribution in [0.2, 0.25) is 0 Å². The summed E-state index contributed by atoms with van der Waals surface area (Å²) in [5.41, 5.74) is 3.94. The fourth-order valence-electron chi connectivity index (χ4n) is 3.59. The van der Waals surface area contributed by atoms with Crippen molar-refractivity contribution in [3.63, 3.8) is 0 Å². The summed E-state index contributed by atoms with van der Waals surface area (Å²) < 4.78 is 5.70. The standard InChI is InChI=1S/C18H26N2O2/c1-2-22-16-7-4-10-20(13-16)18(21)11-14-5-3-6-15-12-19-9-8-17(14)15/h3,5-6,16,19H,2,4,7-13H2,1H3. The molecule has 1 saturated heterocycles. The second-order valence-corrected chi connectivity index (χ2v) is 6.22. The maximum atomic E-state index is 12.7. The molecular formula is C18H26N2O2. The van der Waals surface area contributed by atoms with Gasteiger partial charge in [0.05, 0.1) is 12.5 Å². The van der Waals surface area contributed by atoms with Crippen molar-refractivity contribution >= 4 is 5.91 Å². The predicted octanol–water partition coefficient (Wildman–Crippen LogP) is 1.90. The summed E-state index contributed by atoms with van der Waals surface area (Å²) in [7, 11) is 0. The van der Waals surface area contributed by atoms with Crippen LogP contribution in [0.25, 0.3) is 0 Å². The summed E-state index contributed by atoms with van der Waals surface area (Å²) in [5, 5.41) is 3.39. The van der Waals surface area contributed by atoms with E-state index in [0.717, 1.165) is 52.0 Å². The van der Waals surface area contributed by atoms with Gasteiger partial charge in [-0.15, -0.1) is 0 Å². The Morgan fingerprint density at radius 1 is 1.45 bits per heavy atom. The van der Waals surface area contributed by atoms with Gasteiger partial charge in [-0.05, 0) is 49.4 Å². The third kappa shape index (κ3) is 3.50. The average Bonchev–Trinajstić information content (AvgIpc) is 2.56. The highest BCUT2D eigenvalue weighted by molar-refractivity contribution is 5.79. The first kappa shape index (κ1) is 15.5. The molecule has 1 aromatic carbocycles. The van der Waals surface area contributed by atoms with Crippen LogP contribution in [0.4, 0.5) is 0 Å². The molecule has 0 aromatic heterocycles. The zero-order chi connectivity index (χ0) is 15.4. The molecule has 2 aliphatic rings. The number of benzene rings is 1. The largest absolute Gasteiger partial charge is 0.377 e. The van der Waals surface area contributed by atoms with Crippen molar-refractivity contribution in [1.29, 1.82) is 0 Å².